The molecule has 0 saturated carbocycles. The fraction of sp³-hybridized carbons (Fsp3) is 0.186. The second kappa shape index (κ2) is 19.3. The van der Waals surface area contributed by atoms with E-state index in [1.165, 1.54) is 127 Å². The van der Waals surface area contributed by atoms with Crippen LogP contribution in [0.4, 0.5) is 34.1 Å². The molecular weight excluding hydrogens is 1100 g/mol. The molecule has 91 heavy (non-hydrogen) atoms. The predicted octanol–water partition coefficient (Wildman–Crippen LogP) is 22.2. The van der Waals surface area contributed by atoms with Gasteiger partial charge in [-0.2, -0.15) is 0 Å². The Morgan fingerprint density at radius 3 is 1.30 bits per heavy atom. The molecule has 2 aromatic heterocycles. The normalized spacial score (nSPS) is 13.6. The summed E-state index contributed by atoms with van der Waals surface area (Å²) in [6, 6.07) is 88.6. The molecule has 0 saturated heterocycles. The predicted molar refractivity (Wildman–Crippen MR) is 392 cm³/mol. The van der Waals surface area contributed by atoms with Crippen molar-refractivity contribution >= 4 is 144 Å². The van der Waals surface area contributed by atoms with Crippen molar-refractivity contribution in [1.29, 1.82) is 0 Å². The summed E-state index contributed by atoms with van der Waals surface area (Å²) in [5.74, 6) is 0. The number of aromatic nitrogens is 1. The molecule has 2 aliphatic heterocycles. The highest BCUT2D eigenvalue weighted by Crippen LogP contribution is 2.51. The Morgan fingerprint density at radius 1 is 0.308 bits per heavy atom. The Morgan fingerprint density at radius 2 is 0.780 bits per heavy atom. The van der Waals surface area contributed by atoms with E-state index in [2.05, 4.69) is 328 Å². The number of para-hydroxylation sites is 2. The van der Waals surface area contributed by atoms with E-state index in [-0.39, 0.29) is 28.4 Å². The van der Waals surface area contributed by atoms with Crippen LogP contribution in [0.25, 0.3) is 104 Å². The van der Waals surface area contributed by atoms with Gasteiger partial charge in [-0.3, -0.25) is 0 Å². The van der Waals surface area contributed by atoms with E-state index in [0.29, 0.717) is 0 Å². The van der Waals surface area contributed by atoms with Crippen molar-refractivity contribution in [2.24, 2.45) is 0 Å². The number of fused-ring (bicyclic) bond motifs is 17. The lowest BCUT2D eigenvalue weighted by atomic mass is 9.33. The summed E-state index contributed by atoms with van der Waals surface area (Å²) in [5, 5.41) is 14.6. The molecular formula is C86H74BN3O. The fourth-order valence-corrected chi connectivity index (χ4v) is 15.3. The third-order valence-electron chi connectivity index (χ3n) is 20.2. The maximum Gasteiger partial charge on any atom is 0.252 e. The Hall–Kier alpha value is -9.84. The molecule has 4 heterocycles. The van der Waals surface area contributed by atoms with Gasteiger partial charge >= 0.3 is 0 Å². The molecule has 0 spiro atoms. The Kier molecular flexibility index (Phi) is 11.7. The lowest BCUT2D eigenvalue weighted by molar-refractivity contribution is 0.568. The molecule has 13 aromatic carbocycles. The zero-order valence-electron chi connectivity index (χ0n) is 54.3. The van der Waals surface area contributed by atoms with E-state index in [1.807, 2.05) is 0 Å². The molecule has 0 unspecified atom stereocenters. The van der Waals surface area contributed by atoms with Crippen LogP contribution in [-0.4, -0.2) is 11.3 Å². The van der Waals surface area contributed by atoms with Gasteiger partial charge in [-0.05, 0) is 206 Å². The Labute approximate surface area is 534 Å². The molecule has 0 bridgehead atoms. The van der Waals surface area contributed by atoms with Gasteiger partial charge in [0, 0.05) is 56.0 Å². The number of hydrogen-bond acceptors (Lipinski definition) is 3. The van der Waals surface area contributed by atoms with Gasteiger partial charge in [0.2, 0.25) is 0 Å². The molecule has 0 radical (unpaired) electrons. The zero-order valence-corrected chi connectivity index (χ0v) is 54.3. The minimum Gasteiger partial charge on any atom is -0.456 e. The van der Waals surface area contributed by atoms with Crippen molar-refractivity contribution < 1.29 is 4.42 Å². The quantitative estimate of drug-likeness (QED) is 0.130. The summed E-state index contributed by atoms with van der Waals surface area (Å²) < 4.78 is 9.11. The number of hydrogen-bond donors (Lipinski definition) is 0. The van der Waals surface area contributed by atoms with Crippen LogP contribution in [0, 0.1) is 0 Å². The lowest BCUT2D eigenvalue weighted by Crippen LogP contribution is -2.61. The van der Waals surface area contributed by atoms with E-state index in [1.54, 1.807) is 0 Å². The summed E-state index contributed by atoms with van der Waals surface area (Å²) in [5.41, 5.74) is 23.2. The summed E-state index contributed by atoms with van der Waals surface area (Å²) in [7, 11) is 0. The second-order valence-corrected chi connectivity index (χ2v) is 30.2. The molecule has 4 nitrogen and oxygen atoms in total. The van der Waals surface area contributed by atoms with E-state index < -0.39 is 0 Å². The van der Waals surface area contributed by atoms with Gasteiger partial charge in [0.05, 0.1) is 16.4 Å². The van der Waals surface area contributed by atoms with Crippen molar-refractivity contribution in [2.45, 2.75) is 105 Å². The molecule has 0 atom stereocenters. The van der Waals surface area contributed by atoms with Crippen LogP contribution >= 0.6 is 0 Å². The fourth-order valence-electron chi connectivity index (χ4n) is 15.3. The van der Waals surface area contributed by atoms with Gasteiger partial charge in [0.15, 0.2) is 0 Å². The highest BCUT2D eigenvalue weighted by molar-refractivity contribution is 7.00. The van der Waals surface area contributed by atoms with E-state index in [4.69, 9.17) is 4.42 Å². The number of furan rings is 1. The Balaban J connectivity index is 1.05. The molecule has 2 aliphatic rings. The first-order valence-electron chi connectivity index (χ1n) is 32.6. The summed E-state index contributed by atoms with van der Waals surface area (Å²) >= 11 is 0. The SMILES string of the molecule is CC(C)(C)c1cc(N2c3cc4c(ccc5ccccc54)cc3B3c4cc5ccc6ccccc6c5cc4N(c4cc(C(C)(C)C)cc(C(C)(C)C)c4)c4cc(-c5ccc6c(c5)c5ccc7oc8ccccc8c7c5n6-c5ccccc5)cc2c43)cc(C(C)(C)C)c1. The van der Waals surface area contributed by atoms with Crippen LogP contribution in [0.1, 0.15) is 105 Å². The van der Waals surface area contributed by atoms with E-state index in [9.17, 15) is 0 Å². The smallest absolute Gasteiger partial charge is 0.252 e. The number of anilines is 6. The van der Waals surface area contributed by atoms with Crippen LogP contribution in [-0.2, 0) is 21.7 Å². The van der Waals surface area contributed by atoms with Gasteiger partial charge in [-0.25, -0.2) is 0 Å². The maximum absolute atomic E-state index is 6.65. The van der Waals surface area contributed by atoms with Crippen LogP contribution in [0.5, 0.6) is 0 Å². The first kappa shape index (κ1) is 55.2. The third-order valence-corrected chi connectivity index (χ3v) is 20.2. The Bertz CT molecular complexity index is 5310. The van der Waals surface area contributed by atoms with E-state index in [0.717, 1.165) is 49.8 Å². The van der Waals surface area contributed by atoms with Crippen molar-refractivity contribution in [3.8, 4) is 16.8 Å². The van der Waals surface area contributed by atoms with Crippen molar-refractivity contribution in [2.75, 3.05) is 9.80 Å². The van der Waals surface area contributed by atoms with Gasteiger partial charge < -0.3 is 18.8 Å². The van der Waals surface area contributed by atoms with Crippen LogP contribution in [0.2, 0.25) is 0 Å². The minimum atomic E-state index is -0.136. The topological polar surface area (TPSA) is 24.6 Å². The van der Waals surface area contributed by atoms with Gasteiger partial charge in [0.1, 0.15) is 11.2 Å². The highest BCUT2D eigenvalue weighted by atomic mass is 16.3. The lowest BCUT2D eigenvalue weighted by Gasteiger charge is -2.45. The van der Waals surface area contributed by atoms with Crippen molar-refractivity contribution in [3.63, 3.8) is 0 Å². The molecule has 15 aromatic rings. The summed E-state index contributed by atoms with van der Waals surface area (Å²) in [4.78, 5) is 5.37. The molecule has 0 fully saturated rings. The standard InChI is InChI=1S/C86H74BN3O/c1-83(2,3)57-43-58(84(4,5)6)46-62(45-57)88-74-49-68-54(32-30-51-22-16-18-26-64(51)68)39-71(74)87-72-40-55-33-31-52-23-17-19-27-65(52)69(55)50-75(72)89(63-47-59(85(7,8)9)44-60(48-63)86(10,11)12)77-42-56(41-76(88)81(77)87)53-34-36-73-70(38-53)66-35-37-79-80(67-28-20-21-29-78(67)91-79)82(66)90(73)61-24-14-13-15-25-61/h13-50H,1-12H3. The highest BCUT2D eigenvalue weighted by Gasteiger charge is 2.45. The zero-order chi connectivity index (χ0) is 62.4. The monoisotopic (exact) mass is 1180 g/mol. The average molecular weight is 1180 g/mol. The molecule has 0 aliphatic carbocycles. The van der Waals surface area contributed by atoms with Gasteiger partial charge in [0.25, 0.3) is 6.71 Å². The van der Waals surface area contributed by atoms with Crippen molar-refractivity contribution in [3.05, 3.63) is 253 Å². The summed E-state index contributed by atoms with van der Waals surface area (Å²) in [6.45, 7) is 28.3. The first-order chi connectivity index (χ1) is 43.6. The second-order valence-electron chi connectivity index (χ2n) is 30.2. The molecule has 17 rings (SSSR count). The maximum atomic E-state index is 6.65. The number of rotatable bonds is 4. The summed E-state index contributed by atoms with van der Waals surface area (Å²) in [6.07, 6.45) is 0. The molecule has 442 valence electrons. The molecule has 0 amide bonds. The minimum absolute atomic E-state index is 0.134. The van der Waals surface area contributed by atoms with Crippen LogP contribution in [0.3, 0.4) is 0 Å². The number of benzene rings is 13. The van der Waals surface area contributed by atoms with Gasteiger partial charge in [-0.15, -0.1) is 0 Å². The molecule has 0 N–H and O–H groups in total. The third kappa shape index (κ3) is 8.56. The number of nitrogens with zero attached hydrogens (tertiary/aromatic N) is 3. The average Bonchev–Trinajstić information content (AvgIpc) is 1.15. The molecule has 5 heteroatoms. The van der Waals surface area contributed by atoms with Crippen LogP contribution in [0.15, 0.2) is 235 Å². The van der Waals surface area contributed by atoms with E-state index >= 15 is 0 Å². The van der Waals surface area contributed by atoms with Crippen molar-refractivity contribution in [1.82, 2.24) is 4.57 Å². The van der Waals surface area contributed by atoms with Gasteiger partial charge in [-0.1, -0.05) is 223 Å². The van der Waals surface area contributed by atoms with Crippen LogP contribution < -0.4 is 26.2 Å². The first-order valence-corrected chi connectivity index (χ1v) is 32.6. The largest absolute Gasteiger partial charge is 0.456 e.